The molecule has 4 heteroatoms. The minimum Gasteiger partial charge on any atom is -0.380 e. The van der Waals surface area contributed by atoms with Crippen LogP contribution in [0, 0.1) is 0 Å². The first-order valence-corrected chi connectivity index (χ1v) is 6.66. The van der Waals surface area contributed by atoms with Gasteiger partial charge in [0, 0.05) is 13.0 Å². The van der Waals surface area contributed by atoms with Crippen LogP contribution in [0.1, 0.15) is 18.1 Å². The molecule has 2 aromatic rings. The Morgan fingerprint density at radius 3 is 2.00 bits per heavy atom. The van der Waals surface area contributed by atoms with Crippen LogP contribution in [-0.2, 0) is 17.8 Å². The predicted molar refractivity (Wildman–Crippen MR) is 86.3 cm³/mol. The van der Waals surface area contributed by atoms with Gasteiger partial charge in [-0.1, -0.05) is 60.7 Å². The number of hydrogen-bond donors (Lipinski definition) is 2. The molecule has 21 heavy (non-hydrogen) atoms. The van der Waals surface area contributed by atoms with E-state index >= 15 is 0 Å². The number of rotatable bonds is 5. The van der Waals surface area contributed by atoms with Crippen molar-refractivity contribution in [2.75, 3.05) is 0 Å². The summed E-state index contributed by atoms with van der Waals surface area (Å²) in [7, 11) is 0. The highest BCUT2D eigenvalue weighted by Crippen LogP contribution is 2.13. The van der Waals surface area contributed by atoms with E-state index in [0.717, 1.165) is 11.1 Å². The van der Waals surface area contributed by atoms with Crippen LogP contribution in [0.4, 0.5) is 0 Å². The largest absolute Gasteiger partial charge is 0.380 e. The SMILES string of the molecule is CC(O)(Cc1ccccc1)C(=O)NCc1ccccc1.Cl. The lowest BCUT2D eigenvalue weighted by atomic mass is 9.95. The Bertz CT molecular complexity index is 556. The van der Waals surface area contributed by atoms with E-state index in [-0.39, 0.29) is 18.3 Å². The number of amides is 1. The van der Waals surface area contributed by atoms with Gasteiger partial charge < -0.3 is 10.4 Å². The molecule has 0 saturated heterocycles. The predicted octanol–water partition coefficient (Wildman–Crippen LogP) is 2.72. The van der Waals surface area contributed by atoms with Crippen LogP contribution >= 0.6 is 12.4 Å². The molecule has 1 amide bonds. The van der Waals surface area contributed by atoms with Crippen LogP contribution in [0.25, 0.3) is 0 Å². The van der Waals surface area contributed by atoms with Gasteiger partial charge in [-0.2, -0.15) is 0 Å². The fraction of sp³-hybridized carbons (Fsp3) is 0.235. The Labute approximate surface area is 131 Å². The van der Waals surface area contributed by atoms with Gasteiger partial charge in [0.15, 0.2) is 0 Å². The summed E-state index contributed by atoms with van der Waals surface area (Å²) in [5.41, 5.74) is 0.541. The molecule has 0 aliphatic heterocycles. The molecule has 0 aliphatic carbocycles. The minimum atomic E-state index is -1.41. The van der Waals surface area contributed by atoms with Gasteiger partial charge in [-0.25, -0.2) is 0 Å². The van der Waals surface area contributed by atoms with Gasteiger partial charge in [0.25, 0.3) is 5.91 Å². The molecule has 0 aromatic heterocycles. The number of aliphatic hydroxyl groups is 1. The van der Waals surface area contributed by atoms with E-state index in [0.29, 0.717) is 13.0 Å². The third-order valence-electron chi connectivity index (χ3n) is 3.18. The number of hydrogen-bond acceptors (Lipinski definition) is 2. The molecule has 2 N–H and O–H groups in total. The zero-order valence-electron chi connectivity index (χ0n) is 12.0. The van der Waals surface area contributed by atoms with Crippen molar-refractivity contribution in [2.24, 2.45) is 0 Å². The molecule has 0 spiro atoms. The summed E-state index contributed by atoms with van der Waals surface area (Å²) in [6, 6.07) is 19.1. The second-order valence-electron chi connectivity index (χ2n) is 5.10. The van der Waals surface area contributed by atoms with E-state index < -0.39 is 5.60 Å². The molecule has 2 rings (SSSR count). The lowest BCUT2D eigenvalue weighted by Crippen LogP contribution is -2.45. The molecular weight excluding hydrogens is 286 g/mol. The topological polar surface area (TPSA) is 49.3 Å². The molecule has 0 saturated carbocycles. The molecule has 1 unspecified atom stereocenters. The molecule has 0 heterocycles. The fourth-order valence-corrected chi connectivity index (χ4v) is 2.04. The number of benzene rings is 2. The summed E-state index contributed by atoms with van der Waals surface area (Å²) in [6.45, 7) is 1.96. The van der Waals surface area contributed by atoms with E-state index in [4.69, 9.17) is 0 Å². The van der Waals surface area contributed by atoms with Crippen LogP contribution in [0.15, 0.2) is 60.7 Å². The third-order valence-corrected chi connectivity index (χ3v) is 3.18. The Morgan fingerprint density at radius 2 is 1.48 bits per heavy atom. The second kappa shape index (κ2) is 7.81. The second-order valence-corrected chi connectivity index (χ2v) is 5.10. The highest BCUT2D eigenvalue weighted by Gasteiger charge is 2.30. The maximum absolute atomic E-state index is 12.1. The van der Waals surface area contributed by atoms with Gasteiger partial charge in [0.1, 0.15) is 5.60 Å². The summed E-state index contributed by atoms with van der Waals surface area (Å²) in [5.74, 6) is -0.356. The van der Waals surface area contributed by atoms with Crippen LogP contribution in [0.5, 0.6) is 0 Å². The van der Waals surface area contributed by atoms with Crippen LogP contribution < -0.4 is 5.32 Å². The minimum absolute atomic E-state index is 0. The van der Waals surface area contributed by atoms with Crippen molar-refractivity contribution in [1.82, 2.24) is 5.32 Å². The molecule has 2 aromatic carbocycles. The normalized spacial score (nSPS) is 12.9. The van der Waals surface area contributed by atoms with Crippen molar-refractivity contribution in [3.63, 3.8) is 0 Å². The first-order valence-electron chi connectivity index (χ1n) is 6.66. The highest BCUT2D eigenvalue weighted by molar-refractivity contribution is 5.85. The molecule has 0 bridgehead atoms. The molecule has 3 nitrogen and oxygen atoms in total. The van der Waals surface area contributed by atoms with Crippen molar-refractivity contribution in [3.8, 4) is 0 Å². The van der Waals surface area contributed by atoms with E-state index in [1.807, 2.05) is 60.7 Å². The Balaban J connectivity index is 0.00000220. The van der Waals surface area contributed by atoms with Crippen LogP contribution in [0.3, 0.4) is 0 Å². The van der Waals surface area contributed by atoms with Gasteiger partial charge in [-0.05, 0) is 18.1 Å². The first kappa shape index (κ1) is 17.2. The van der Waals surface area contributed by atoms with Crippen molar-refractivity contribution < 1.29 is 9.90 Å². The highest BCUT2D eigenvalue weighted by atomic mass is 35.5. The zero-order chi connectivity index (χ0) is 14.4. The smallest absolute Gasteiger partial charge is 0.252 e. The lowest BCUT2D eigenvalue weighted by Gasteiger charge is -2.22. The monoisotopic (exact) mass is 305 g/mol. The van der Waals surface area contributed by atoms with Crippen LogP contribution in [0.2, 0.25) is 0 Å². The molecular formula is C17H20ClNO2. The summed E-state index contributed by atoms with van der Waals surface area (Å²) in [4.78, 5) is 12.1. The maximum Gasteiger partial charge on any atom is 0.252 e. The maximum atomic E-state index is 12.1. The summed E-state index contributed by atoms with van der Waals surface area (Å²) in [6.07, 6.45) is 0.300. The molecule has 0 aliphatic rings. The van der Waals surface area contributed by atoms with Crippen molar-refractivity contribution in [2.45, 2.75) is 25.5 Å². The lowest BCUT2D eigenvalue weighted by molar-refractivity contribution is -0.138. The Hall–Kier alpha value is -1.84. The van der Waals surface area contributed by atoms with Crippen molar-refractivity contribution >= 4 is 18.3 Å². The van der Waals surface area contributed by atoms with Gasteiger partial charge in [0.2, 0.25) is 0 Å². The van der Waals surface area contributed by atoms with E-state index in [2.05, 4.69) is 5.32 Å². The van der Waals surface area contributed by atoms with E-state index in [1.165, 1.54) is 0 Å². The Morgan fingerprint density at radius 1 is 1.00 bits per heavy atom. The average molecular weight is 306 g/mol. The number of carbonyl (C=O) groups excluding carboxylic acids is 1. The first-order chi connectivity index (χ1) is 9.58. The van der Waals surface area contributed by atoms with Gasteiger partial charge >= 0.3 is 0 Å². The molecule has 1 atom stereocenters. The molecule has 112 valence electrons. The quantitative estimate of drug-likeness (QED) is 0.892. The van der Waals surface area contributed by atoms with Gasteiger partial charge in [0.05, 0.1) is 0 Å². The summed E-state index contributed by atoms with van der Waals surface area (Å²) >= 11 is 0. The summed E-state index contributed by atoms with van der Waals surface area (Å²) in [5, 5.41) is 13.1. The van der Waals surface area contributed by atoms with Gasteiger partial charge in [-0.15, -0.1) is 12.4 Å². The average Bonchev–Trinajstić information content (AvgIpc) is 2.46. The van der Waals surface area contributed by atoms with Crippen LogP contribution in [-0.4, -0.2) is 16.6 Å². The molecule has 0 fully saturated rings. The third kappa shape index (κ3) is 5.21. The number of nitrogens with one attached hydrogen (secondary N) is 1. The van der Waals surface area contributed by atoms with E-state index in [9.17, 15) is 9.90 Å². The van der Waals surface area contributed by atoms with E-state index in [1.54, 1.807) is 6.92 Å². The molecule has 0 radical (unpaired) electrons. The zero-order valence-corrected chi connectivity index (χ0v) is 12.8. The van der Waals surface area contributed by atoms with Crippen molar-refractivity contribution in [3.05, 3.63) is 71.8 Å². The summed E-state index contributed by atoms with van der Waals surface area (Å²) < 4.78 is 0. The number of halogens is 1. The Kier molecular flexibility index (Phi) is 6.40. The number of carbonyl (C=O) groups is 1. The fourth-order valence-electron chi connectivity index (χ4n) is 2.04. The van der Waals surface area contributed by atoms with Gasteiger partial charge in [-0.3, -0.25) is 4.79 Å². The van der Waals surface area contributed by atoms with Crippen molar-refractivity contribution in [1.29, 1.82) is 0 Å². The standard InChI is InChI=1S/C17H19NO2.ClH/c1-17(20,12-14-8-4-2-5-9-14)16(19)18-13-15-10-6-3-7-11-15;/h2-11,20H,12-13H2,1H3,(H,18,19);1H.